The molecule has 2 aromatic heterocycles. The van der Waals surface area contributed by atoms with E-state index in [4.69, 9.17) is 4.52 Å². The molecule has 0 amide bonds. The summed E-state index contributed by atoms with van der Waals surface area (Å²) in [6.07, 6.45) is 4.43. The number of nitrogens with zero attached hydrogens (tertiary/aromatic N) is 2. The Morgan fingerprint density at radius 2 is 2.24 bits per heavy atom. The monoisotopic (exact) mass is 232 g/mol. The van der Waals surface area contributed by atoms with Crippen LogP contribution in [0.4, 0.5) is 11.5 Å². The molecule has 90 valence electrons. The van der Waals surface area contributed by atoms with Crippen LogP contribution in [-0.4, -0.2) is 16.7 Å². The molecule has 2 rings (SSSR count). The fourth-order valence-corrected chi connectivity index (χ4v) is 1.41. The van der Waals surface area contributed by atoms with Crippen LogP contribution in [0.2, 0.25) is 0 Å². The van der Waals surface area contributed by atoms with E-state index in [2.05, 4.69) is 27.7 Å². The predicted octanol–water partition coefficient (Wildman–Crippen LogP) is 2.50. The summed E-state index contributed by atoms with van der Waals surface area (Å²) in [5.74, 6) is 0.886. The number of hydrogen-bond donors (Lipinski definition) is 2. The number of pyridine rings is 1. The van der Waals surface area contributed by atoms with Crippen molar-refractivity contribution in [2.75, 3.05) is 17.2 Å². The number of nitrogens with one attached hydrogen (secondary N) is 2. The van der Waals surface area contributed by atoms with Gasteiger partial charge in [-0.3, -0.25) is 0 Å². The van der Waals surface area contributed by atoms with Gasteiger partial charge in [-0.15, -0.1) is 0 Å². The van der Waals surface area contributed by atoms with E-state index >= 15 is 0 Å². The van der Waals surface area contributed by atoms with E-state index in [0.717, 1.165) is 30.2 Å². The van der Waals surface area contributed by atoms with E-state index in [1.54, 1.807) is 12.5 Å². The van der Waals surface area contributed by atoms with Crippen LogP contribution in [0.3, 0.4) is 0 Å². The van der Waals surface area contributed by atoms with Crippen molar-refractivity contribution < 1.29 is 4.52 Å². The van der Waals surface area contributed by atoms with E-state index in [-0.39, 0.29) is 0 Å². The third-order valence-electron chi connectivity index (χ3n) is 2.28. The van der Waals surface area contributed by atoms with Gasteiger partial charge in [0.05, 0.1) is 6.54 Å². The first-order valence-electron chi connectivity index (χ1n) is 5.71. The first-order chi connectivity index (χ1) is 8.38. The molecule has 2 N–H and O–H groups in total. The minimum absolute atomic E-state index is 0.647. The molecule has 2 heterocycles. The summed E-state index contributed by atoms with van der Waals surface area (Å²) in [7, 11) is 0. The largest absolute Gasteiger partial charge is 0.379 e. The van der Waals surface area contributed by atoms with E-state index < -0.39 is 0 Å². The van der Waals surface area contributed by atoms with E-state index in [9.17, 15) is 0 Å². The average molecular weight is 232 g/mol. The molecule has 0 spiro atoms. The molecule has 5 heteroatoms. The molecule has 2 aromatic rings. The van der Waals surface area contributed by atoms with Crippen molar-refractivity contribution in [2.24, 2.45) is 0 Å². The van der Waals surface area contributed by atoms with Crippen LogP contribution in [-0.2, 0) is 6.54 Å². The highest BCUT2D eigenvalue weighted by atomic mass is 16.5. The maximum atomic E-state index is 4.77. The maximum absolute atomic E-state index is 4.77. The fourth-order valence-electron chi connectivity index (χ4n) is 1.41. The average Bonchev–Trinajstić information content (AvgIpc) is 2.87. The van der Waals surface area contributed by atoms with Crippen molar-refractivity contribution >= 4 is 11.5 Å². The third kappa shape index (κ3) is 3.48. The van der Waals surface area contributed by atoms with Crippen LogP contribution >= 0.6 is 0 Å². The highest BCUT2D eigenvalue weighted by Crippen LogP contribution is 2.12. The van der Waals surface area contributed by atoms with Crippen molar-refractivity contribution in [3.05, 3.63) is 36.4 Å². The molecular formula is C12H16N4O. The Morgan fingerprint density at radius 1 is 1.29 bits per heavy atom. The first kappa shape index (κ1) is 11.4. The van der Waals surface area contributed by atoms with Crippen LogP contribution < -0.4 is 10.6 Å². The Kier molecular flexibility index (Phi) is 3.96. The Hall–Kier alpha value is -2.04. The SMILES string of the molecule is CCCNc1cc(NCc2ccon2)ccn1. The molecule has 0 saturated heterocycles. The van der Waals surface area contributed by atoms with Gasteiger partial charge in [-0.05, 0) is 12.5 Å². The number of anilines is 2. The van der Waals surface area contributed by atoms with Gasteiger partial charge in [0.1, 0.15) is 17.8 Å². The van der Waals surface area contributed by atoms with Crippen LogP contribution in [0.5, 0.6) is 0 Å². The molecule has 0 aliphatic carbocycles. The molecule has 17 heavy (non-hydrogen) atoms. The zero-order valence-electron chi connectivity index (χ0n) is 9.81. The molecule has 0 aliphatic heterocycles. The Balaban J connectivity index is 1.91. The molecule has 0 aromatic carbocycles. The predicted molar refractivity (Wildman–Crippen MR) is 66.8 cm³/mol. The van der Waals surface area contributed by atoms with Gasteiger partial charge in [-0.1, -0.05) is 12.1 Å². The van der Waals surface area contributed by atoms with Crippen molar-refractivity contribution in [3.63, 3.8) is 0 Å². The fraction of sp³-hybridized carbons (Fsp3) is 0.333. The maximum Gasteiger partial charge on any atom is 0.127 e. The van der Waals surface area contributed by atoms with Gasteiger partial charge >= 0.3 is 0 Å². The second kappa shape index (κ2) is 5.89. The minimum Gasteiger partial charge on any atom is -0.379 e. The highest BCUT2D eigenvalue weighted by molar-refractivity contribution is 5.51. The van der Waals surface area contributed by atoms with Gasteiger partial charge in [-0.2, -0.15) is 0 Å². The minimum atomic E-state index is 0.647. The standard InChI is InChI=1S/C12H16N4O/c1-2-5-13-12-8-10(3-6-14-12)15-9-11-4-7-17-16-11/h3-4,6-8H,2,5,9H2,1H3,(H2,13,14,15). The number of hydrogen-bond acceptors (Lipinski definition) is 5. The van der Waals surface area contributed by atoms with E-state index in [1.165, 1.54) is 0 Å². The van der Waals surface area contributed by atoms with E-state index in [0.29, 0.717) is 6.54 Å². The number of aromatic nitrogens is 2. The Morgan fingerprint density at radius 3 is 3.00 bits per heavy atom. The van der Waals surface area contributed by atoms with Crippen LogP contribution in [0, 0.1) is 0 Å². The van der Waals surface area contributed by atoms with Crippen LogP contribution in [0.25, 0.3) is 0 Å². The Labute approximate surface area is 100 Å². The second-order valence-corrected chi connectivity index (χ2v) is 3.70. The normalized spacial score (nSPS) is 10.2. The summed E-state index contributed by atoms with van der Waals surface area (Å²) in [6.45, 7) is 3.70. The molecule has 5 nitrogen and oxygen atoms in total. The zero-order valence-corrected chi connectivity index (χ0v) is 9.81. The molecule has 0 bridgehead atoms. The van der Waals surface area contributed by atoms with Crippen LogP contribution in [0.15, 0.2) is 35.2 Å². The zero-order chi connectivity index (χ0) is 11.9. The number of rotatable bonds is 6. The lowest BCUT2D eigenvalue weighted by Gasteiger charge is -2.07. The smallest absolute Gasteiger partial charge is 0.127 e. The van der Waals surface area contributed by atoms with Gasteiger partial charge in [0.2, 0.25) is 0 Å². The van der Waals surface area contributed by atoms with Crippen molar-refractivity contribution in [1.29, 1.82) is 0 Å². The summed E-state index contributed by atoms with van der Waals surface area (Å²) in [5, 5.41) is 10.3. The van der Waals surface area contributed by atoms with Gasteiger partial charge in [-0.25, -0.2) is 4.98 Å². The third-order valence-corrected chi connectivity index (χ3v) is 2.28. The lowest BCUT2D eigenvalue weighted by atomic mass is 10.3. The molecular weight excluding hydrogens is 216 g/mol. The van der Waals surface area contributed by atoms with Crippen molar-refractivity contribution in [1.82, 2.24) is 10.1 Å². The van der Waals surface area contributed by atoms with Gasteiger partial charge in [0.15, 0.2) is 0 Å². The van der Waals surface area contributed by atoms with Crippen molar-refractivity contribution in [2.45, 2.75) is 19.9 Å². The van der Waals surface area contributed by atoms with Gasteiger partial charge < -0.3 is 15.2 Å². The summed E-state index contributed by atoms with van der Waals surface area (Å²) < 4.78 is 4.77. The molecule has 0 fully saturated rings. The summed E-state index contributed by atoms with van der Waals surface area (Å²) in [6, 6.07) is 5.75. The topological polar surface area (TPSA) is 63.0 Å². The van der Waals surface area contributed by atoms with Gasteiger partial charge in [0, 0.05) is 30.6 Å². The molecule has 0 saturated carbocycles. The Bertz CT molecular complexity index is 442. The molecule has 0 atom stereocenters. The second-order valence-electron chi connectivity index (χ2n) is 3.70. The van der Waals surface area contributed by atoms with Crippen molar-refractivity contribution in [3.8, 4) is 0 Å². The highest BCUT2D eigenvalue weighted by Gasteiger charge is 1.98. The summed E-state index contributed by atoms with van der Waals surface area (Å²) >= 11 is 0. The lowest BCUT2D eigenvalue weighted by molar-refractivity contribution is 0.412. The summed E-state index contributed by atoms with van der Waals surface area (Å²) in [5.41, 5.74) is 1.89. The first-order valence-corrected chi connectivity index (χ1v) is 5.71. The lowest BCUT2D eigenvalue weighted by Crippen LogP contribution is -2.04. The molecule has 0 aliphatic rings. The molecule has 0 radical (unpaired) electrons. The summed E-state index contributed by atoms with van der Waals surface area (Å²) in [4.78, 5) is 4.24. The van der Waals surface area contributed by atoms with Crippen LogP contribution in [0.1, 0.15) is 19.0 Å². The molecule has 0 unspecified atom stereocenters. The van der Waals surface area contributed by atoms with Gasteiger partial charge in [0.25, 0.3) is 0 Å². The van der Waals surface area contributed by atoms with E-state index in [1.807, 2.05) is 18.2 Å². The quantitative estimate of drug-likeness (QED) is 0.801.